The van der Waals surface area contributed by atoms with Gasteiger partial charge in [-0.3, -0.25) is 9.88 Å². The number of pyridine rings is 1. The molecule has 5 heteroatoms. The normalized spacial score (nSPS) is 12.2. The van der Waals surface area contributed by atoms with Crippen LogP contribution in [0.5, 0.6) is 0 Å². The van der Waals surface area contributed by atoms with Gasteiger partial charge in [-0.2, -0.15) is 0 Å². The number of hydrogen-bond donors (Lipinski definition) is 1. The summed E-state index contributed by atoms with van der Waals surface area (Å²) in [6, 6.07) is 2.04. The third-order valence-corrected chi connectivity index (χ3v) is 4.12. The minimum absolute atomic E-state index is 0.136. The van der Waals surface area contributed by atoms with E-state index in [1.54, 1.807) is 0 Å². The lowest BCUT2D eigenvalue weighted by Crippen LogP contribution is -2.39. The van der Waals surface area contributed by atoms with Crippen molar-refractivity contribution in [2.75, 3.05) is 19.6 Å². The molecule has 0 aliphatic rings. The molecule has 108 valence electrons. The second kappa shape index (κ2) is 7.72. The molecule has 0 saturated heterocycles. The Hall–Kier alpha value is 0.0300. The Labute approximate surface area is 133 Å². The molecule has 0 aromatic carbocycles. The monoisotopic (exact) mass is 391 g/mol. The highest BCUT2D eigenvalue weighted by Crippen LogP contribution is 2.22. The van der Waals surface area contributed by atoms with E-state index in [-0.39, 0.29) is 5.41 Å². The third-order valence-electron chi connectivity index (χ3n) is 3.00. The van der Waals surface area contributed by atoms with Crippen molar-refractivity contribution in [3.05, 3.63) is 26.9 Å². The molecule has 0 aliphatic heterocycles. The van der Waals surface area contributed by atoms with Crippen LogP contribution < -0.4 is 5.73 Å². The molecule has 0 unspecified atom stereocenters. The highest BCUT2D eigenvalue weighted by Gasteiger charge is 2.20. The molecule has 1 aromatic heterocycles. The average molecular weight is 393 g/mol. The molecule has 0 fully saturated rings. The van der Waals surface area contributed by atoms with Crippen LogP contribution in [-0.4, -0.2) is 29.5 Å². The van der Waals surface area contributed by atoms with E-state index < -0.39 is 0 Å². The highest BCUT2D eigenvalue weighted by atomic mass is 79.9. The molecule has 1 aromatic rings. The van der Waals surface area contributed by atoms with Gasteiger partial charge in [0.2, 0.25) is 0 Å². The molecule has 19 heavy (non-hydrogen) atoms. The molecule has 0 amide bonds. The summed E-state index contributed by atoms with van der Waals surface area (Å²) in [6.45, 7) is 10.2. The van der Waals surface area contributed by atoms with Gasteiger partial charge in [0, 0.05) is 28.2 Å². The van der Waals surface area contributed by atoms with Crippen LogP contribution in [0.25, 0.3) is 0 Å². The van der Waals surface area contributed by atoms with Crippen molar-refractivity contribution < 1.29 is 0 Å². The second-order valence-corrected chi connectivity index (χ2v) is 7.43. The summed E-state index contributed by atoms with van der Waals surface area (Å²) < 4.78 is 2.04. The van der Waals surface area contributed by atoms with E-state index in [2.05, 4.69) is 62.5 Å². The maximum absolute atomic E-state index is 5.84. The number of halogens is 2. The average Bonchev–Trinajstić information content (AvgIpc) is 2.32. The zero-order valence-electron chi connectivity index (χ0n) is 11.9. The van der Waals surface area contributed by atoms with Crippen LogP contribution in [0.2, 0.25) is 0 Å². The molecule has 0 saturated carbocycles. The van der Waals surface area contributed by atoms with Gasteiger partial charge in [-0.05, 0) is 62.9 Å². The van der Waals surface area contributed by atoms with Gasteiger partial charge in [0.1, 0.15) is 0 Å². The van der Waals surface area contributed by atoms with Crippen LogP contribution >= 0.6 is 31.9 Å². The highest BCUT2D eigenvalue weighted by molar-refractivity contribution is 9.11. The molecule has 0 aliphatic carbocycles. The first-order valence-corrected chi connectivity index (χ1v) is 8.19. The number of hydrogen-bond acceptors (Lipinski definition) is 3. The summed E-state index contributed by atoms with van der Waals surface area (Å²) in [7, 11) is 0. The van der Waals surface area contributed by atoms with E-state index in [1.165, 1.54) is 0 Å². The number of rotatable bonds is 7. The van der Waals surface area contributed by atoms with Gasteiger partial charge in [0.05, 0.1) is 5.69 Å². The molecule has 3 nitrogen and oxygen atoms in total. The van der Waals surface area contributed by atoms with Crippen LogP contribution in [0, 0.1) is 5.41 Å². The summed E-state index contributed by atoms with van der Waals surface area (Å²) in [5.74, 6) is 0. The Morgan fingerprint density at radius 3 is 2.58 bits per heavy atom. The Kier molecular flexibility index (Phi) is 6.94. The first-order valence-electron chi connectivity index (χ1n) is 6.60. The molecular formula is C14H23Br2N3. The summed E-state index contributed by atoms with van der Waals surface area (Å²) in [6.07, 6.45) is 2.98. The summed E-state index contributed by atoms with van der Waals surface area (Å²) >= 11 is 7.01. The van der Waals surface area contributed by atoms with Crippen LogP contribution in [0.3, 0.4) is 0 Å². The van der Waals surface area contributed by atoms with Gasteiger partial charge in [-0.25, -0.2) is 0 Å². The molecular weight excluding hydrogens is 370 g/mol. The maximum atomic E-state index is 5.84. The number of aromatic nitrogens is 1. The second-order valence-electron chi connectivity index (χ2n) is 5.66. The molecule has 0 bridgehead atoms. The lowest BCUT2D eigenvalue weighted by Gasteiger charge is -2.31. The van der Waals surface area contributed by atoms with E-state index in [0.29, 0.717) is 6.54 Å². The summed E-state index contributed by atoms with van der Waals surface area (Å²) in [4.78, 5) is 6.91. The van der Waals surface area contributed by atoms with Gasteiger partial charge in [0.25, 0.3) is 0 Å². The summed E-state index contributed by atoms with van der Waals surface area (Å²) in [5, 5.41) is 0. The van der Waals surface area contributed by atoms with Crippen molar-refractivity contribution in [3.8, 4) is 0 Å². The van der Waals surface area contributed by atoms with Gasteiger partial charge < -0.3 is 5.73 Å². The smallest absolute Gasteiger partial charge is 0.0686 e. The van der Waals surface area contributed by atoms with Crippen molar-refractivity contribution >= 4 is 31.9 Å². The Morgan fingerprint density at radius 1 is 1.37 bits per heavy atom. The van der Waals surface area contributed by atoms with E-state index in [4.69, 9.17) is 5.73 Å². The maximum Gasteiger partial charge on any atom is 0.0686 e. The Morgan fingerprint density at radius 2 is 2.05 bits per heavy atom. The van der Waals surface area contributed by atoms with Gasteiger partial charge in [-0.15, -0.1) is 0 Å². The quantitative estimate of drug-likeness (QED) is 0.767. The van der Waals surface area contributed by atoms with Gasteiger partial charge >= 0.3 is 0 Å². The van der Waals surface area contributed by atoms with Crippen molar-refractivity contribution in [1.29, 1.82) is 0 Å². The van der Waals surface area contributed by atoms with E-state index in [1.807, 2.05) is 12.3 Å². The van der Waals surface area contributed by atoms with E-state index >= 15 is 0 Å². The molecule has 0 spiro atoms. The van der Waals surface area contributed by atoms with Crippen molar-refractivity contribution in [2.24, 2.45) is 11.1 Å². The fraction of sp³-hybridized carbons (Fsp3) is 0.643. The first-order chi connectivity index (χ1) is 8.88. The van der Waals surface area contributed by atoms with E-state index in [9.17, 15) is 0 Å². The standard InChI is InChI=1S/C14H23Br2N3/c1-4-5-19(10-14(2,3)9-17)8-13-12(16)6-11(15)7-18-13/h6-7H,4-5,8-10,17H2,1-3H3. The van der Waals surface area contributed by atoms with Gasteiger partial charge in [-0.1, -0.05) is 20.8 Å². The summed E-state index contributed by atoms with van der Waals surface area (Å²) in [5.41, 5.74) is 7.05. The third kappa shape index (κ3) is 5.90. The Balaban J connectivity index is 2.77. The molecule has 2 N–H and O–H groups in total. The molecule has 0 atom stereocenters. The van der Waals surface area contributed by atoms with Crippen molar-refractivity contribution in [3.63, 3.8) is 0 Å². The first kappa shape index (κ1) is 17.1. The topological polar surface area (TPSA) is 42.2 Å². The minimum atomic E-state index is 0.136. The van der Waals surface area contributed by atoms with Gasteiger partial charge in [0.15, 0.2) is 0 Å². The largest absolute Gasteiger partial charge is 0.330 e. The predicted octanol–water partition coefficient (Wildman–Crippen LogP) is 3.80. The number of nitrogens with two attached hydrogens (primary N) is 1. The van der Waals surface area contributed by atoms with Crippen LogP contribution in [-0.2, 0) is 6.54 Å². The SMILES string of the molecule is CCCN(Cc1ncc(Br)cc1Br)CC(C)(C)CN. The zero-order chi connectivity index (χ0) is 14.5. The lowest BCUT2D eigenvalue weighted by molar-refractivity contribution is 0.174. The molecule has 0 radical (unpaired) electrons. The fourth-order valence-electron chi connectivity index (χ4n) is 1.97. The van der Waals surface area contributed by atoms with Crippen LogP contribution in [0.4, 0.5) is 0 Å². The minimum Gasteiger partial charge on any atom is -0.330 e. The van der Waals surface area contributed by atoms with Crippen LogP contribution in [0.1, 0.15) is 32.9 Å². The number of nitrogens with zero attached hydrogens (tertiary/aromatic N) is 2. The van der Waals surface area contributed by atoms with Crippen molar-refractivity contribution in [2.45, 2.75) is 33.7 Å². The molecule has 1 rings (SSSR count). The van der Waals surface area contributed by atoms with Crippen molar-refractivity contribution in [1.82, 2.24) is 9.88 Å². The molecule has 1 heterocycles. The predicted molar refractivity (Wildman–Crippen MR) is 88.0 cm³/mol. The Bertz CT molecular complexity index is 408. The van der Waals surface area contributed by atoms with Crippen LogP contribution in [0.15, 0.2) is 21.2 Å². The lowest BCUT2D eigenvalue weighted by atomic mass is 9.93. The zero-order valence-corrected chi connectivity index (χ0v) is 15.1. The van der Waals surface area contributed by atoms with E-state index in [0.717, 1.165) is 40.7 Å². The fourth-order valence-corrected chi connectivity index (χ4v) is 3.08.